The molecule has 0 atom stereocenters. The van der Waals surface area contributed by atoms with E-state index >= 15 is 0 Å². The average Bonchev–Trinajstić information content (AvgIpc) is 1.76. The summed E-state index contributed by atoms with van der Waals surface area (Å²) in [5.41, 5.74) is 0. The fourth-order valence-corrected chi connectivity index (χ4v) is 0.323. The van der Waals surface area contributed by atoms with Crippen LogP contribution in [0.2, 0.25) is 0 Å². The molecule has 2 nitrogen and oxygen atoms in total. The summed E-state index contributed by atoms with van der Waals surface area (Å²) in [6.45, 7) is 1.78. The Hall–Kier alpha value is 0.210. The lowest BCUT2D eigenvalue weighted by Crippen LogP contribution is -2.06. The molecule has 0 aromatic heterocycles. The molecular formula is C3H8Cl2N2. The van der Waals surface area contributed by atoms with Crippen molar-refractivity contribution in [1.29, 1.82) is 0 Å². The molecule has 0 saturated heterocycles. The Bertz CT molecular complexity index is 48.9. The zero-order chi connectivity index (χ0) is 3.54. The molecule has 1 N–H and O–H groups in total. The lowest BCUT2D eigenvalue weighted by Gasteiger charge is -1.75. The van der Waals surface area contributed by atoms with Gasteiger partial charge < -0.3 is 0 Å². The minimum atomic E-state index is 0. The van der Waals surface area contributed by atoms with Crippen molar-refractivity contribution in [2.24, 2.45) is 4.99 Å². The molecule has 1 aliphatic rings. The largest absolute Gasteiger partial charge is 0.293 e. The predicted molar refractivity (Wildman–Crippen MR) is 35.9 cm³/mol. The summed E-state index contributed by atoms with van der Waals surface area (Å²) >= 11 is 0. The number of rotatable bonds is 0. The monoisotopic (exact) mass is 142 g/mol. The van der Waals surface area contributed by atoms with Crippen LogP contribution in [-0.4, -0.2) is 19.4 Å². The second-order valence-corrected chi connectivity index (χ2v) is 0.977. The fraction of sp³-hybridized carbons (Fsp3) is 0.667. The van der Waals surface area contributed by atoms with Gasteiger partial charge in [0.2, 0.25) is 0 Å². The number of hydrogen-bond acceptors (Lipinski definition) is 2. The van der Waals surface area contributed by atoms with Gasteiger partial charge in [-0.2, -0.15) is 0 Å². The van der Waals surface area contributed by atoms with Gasteiger partial charge in [0, 0.05) is 12.8 Å². The molecule has 0 saturated carbocycles. The second-order valence-electron chi connectivity index (χ2n) is 0.977. The van der Waals surface area contributed by atoms with Crippen LogP contribution in [-0.2, 0) is 0 Å². The third-order valence-corrected chi connectivity index (χ3v) is 0.568. The van der Waals surface area contributed by atoms with Crippen molar-refractivity contribution >= 4 is 31.0 Å². The first-order valence-corrected chi connectivity index (χ1v) is 1.69. The molecule has 1 heterocycles. The van der Waals surface area contributed by atoms with Gasteiger partial charge in [-0.3, -0.25) is 10.3 Å². The van der Waals surface area contributed by atoms with Gasteiger partial charge in [0.25, 0.3) is 0 Å². The van der Waals surface area contributed by atoms with Gasteiger partial charge in [0.15, 0.2) is 0 Å². The Kier molecular flexibility index (Phi) is 9.09. The molecule has 0 aliphatic carbocycles. The smallest absolute Gasteiger partial charge is 0.0883 e. The minimum Gasteiger partial charge on any atom is -0.293 e. The number of aliphatic imine (C=N–C) groups is 1. The Morgan fingerprint density at radius 2 is 2.14 bits per heavy atom. The van der Waals surface area contributed by atoms with E-state index in [4.69, 9.17) is 0 Å². The van der Waals surface area contributed by atoms with Gasteiger partial charge in [0.05, 0.1) is 6.67 Å². The van der Waals surface area contributed by atoms with E-state index in [-0.39, 0.29) is 24.8 Å². The van der Waals surface area contributed by atoms with Crippen molar-refractivity contribution in [3.8, 4) is 0 Å². The Morgan fingerprint density at radius 3 is 2.29 bits per heavy atom. The number of hydrogen-bond donors (Lipinski definition) is 1. The summed E-state index contributed by atoms with van der Waals surface area (Å²) in [4.78, 5) is 3.85. The van der Waals surface area contributed by atoms with Crippen LogP contribution in [0.3, 0.4) is 0 Å². The molecule has 0 bridgehead atoms. The normalized spacial score (nSPS) is 14.9. The lowest BCUT2D eigenvalue weighted by atomic mass is 10.8. The van der Waals surface area contributed by atoms with Gasteiger partial charge in [-0.15, -0.1) is 24.8 Å². The molecule has 0 aromatic carbocycles. The standard InChI is InChI=1S/C3H6N2.2ClH/c1-2-5-3-4-1;;/h1,5H,2-3H2;2*1H. The zero-order valence-corrected chi connectivity index (χ0v) is 5.39. The maximum Gasteiger partial charge on any atom is 0.0883 e. The molecule has 0 aromatic rings. The Balaban J connectivity index is 0. The topological polar surface area (TPSA) is 24.4 Å². The summed E-state index contributed by atoms with van der Waals surface area (Å²) in [5.74, 6) is 0. The van der Waals surface area contributed by atoms with Crippen molar-refractivity contribution in [3.63, 3.8) is 0 Å². The van der Waals surface area contributed by atoms with E-state index in [0.717, 1.165) is 13.2 Å². The Morgan fingerprint density at radius 1 is 1.43 bits per heavy atom. The van der Waals surface area contributed by atoms with Crippen molar-refractivity contribution in [2.75, 3.05) is 13.2 Å². The molecule has 0 unspecified atom stereocenters. The highest BCUT2D eigenvalue weighted by Crippen LogP contribution is 1.67. The first-order chi connectivity index (χ1) is 2.50. The summed E-state index contributed by atoms with van der Waals surface area (Å²) in [5, 5.41) is 3.00. The highest BCUT2D eigenvalue weighted by Gasteiger charge is 1.82. The first kappa shape index (κ1) is 10.2. The van der Waals surface area contributed by atoms with Crippen molar-refractivity contribution in [2.45, 2.75) is 0 Å². The van der Waals surface area contributed by atoms with E-state index in [9.17, 15) is 0 Å². The zero-order valence-electron chi connectivity index (χ0n) is 3.76. The van der Waals surface area contributed by atoms with Crippen LogP contribution in [0.4, 0.5) is 0 Å². The molecule has 1 aliphatic heterocycles. The summed E-state index contributed by atoms with van der Waals surface area (Å²) in [6.07, 6.45) is 1.88. The molecule has 1 rings (SSSR count). The van der Waals surface area contributed by atoms with Crippen molar-refractivity contribution in [1.82, 2.24) is 5.32 Å². The van der Waals surface area contributed by atoms with E-state index in [2.05, 4.69) is 10.3 Å². The molecule has 7 heavy (non-hydrogen) atoms. The van der Waals surface area contributed by atoms with Crippen molar-refractivity contribution in [3.05, 3.63) is 0 Å². The minimum absolute atomic E-state index is 0. The summed E-state index contributed by atoms with van der Waals surface area (Å²) < 4.78 is 0. The SMILES string of the molecule is C1=NCNC1.Cl.Cl. The van der Waals surface area contributed by atoms with Crippen LogP contribution in [0, 0.1) is 0 Å². The lowest BCUT2D eigenvalue weighted by molar-refractivity contribution is 0.851. The fourth-order valence-electron chi connectivity index (χ4n) is 0.323. The van der Waals surface area contributed by atoms with Crippen LogP contribution in [0.15, 0.2) is 4.99 Å². The van der Waals surface area contributed by atoms with Gasteiger partial charge in [-0.1, -0.05) is 0 Å². The average molecular weight is 143 g/mol. The van der Waals surface area contributed by atoms with Crippen molar-refractivity contribution < 1.29 is 0 Å². The third-order valence-electron chi connectivity index (χ3n) is 0.568. The molecular weight excluding hydrogens is 135 g/mol. The van der Waals surface area contributed by atoms with Gasteiger partial charge in [-0.25, -0.2) is 0 Å². The number of nitrogens with one attached hydrogen (secondary N) is 1. The van der Waals surface area contributed by atoms with Gasteiger partial charge in [-0.05, 0) is 0 Å². The second kappa shape index (κ2) is 6.21. The molecule has 0 spiro atoms. The highest BCUT2D eigenvalue weighted by molar-refractivity contribution is 5.85. The summed E-state index contributed by atoms with van der Waals surface area (Å²) in [6, 6.07) is 0. The number of nitrogens with zero attached hydrogens (tertiary/aromatic N) is 1. The van der Waals surface area contributed by atoms with Crippen LogP contribution >= 0.6 is 24.8 Å². The van der Waals surface area contributed by atoms with Crippen LogP contribution in [0.5, 0.6) is 0 Å². The quantitative estimate of drug-likeness (QED) is 0.523. The van der Waals surface area contributed by atoms with E-state index < -0.39 is 0 Å². The summed E-state index contributed by atoms with van der Waals surface area (Å²) in [7, 11) is 0. The van der Waals surface area contributed by atoms with Crippen LogP contribution in [0.1, 0.15) is 0 Å². The maximum atomic E-state index is 3.85. The maximum absolute atomic E-state index is 3.85. The number of halogens is 2. The van der Waals surface area contributed by atoms with Crippen LogP contribution in [0.25, 0.3) is 0 Å². The first-order valence-electron chi connectivity index (χ1n) is 1.69. The molecule has 0 fully saturated rings. The Labute approximate surface area is 55.2 Å². The van der Waals surface area contributed by atoms with Gasteiger partial charge in [0.1, 0.15) is 0 Å². The van der Waals surface area contributed by atoms with Crippen LogP contribution < -0.4 is 5.32 Å². The van der Waals surface area contributed by atoms with E-state index in [1.807, 2.05) is 6.21 Å². The van der Waals surface area contributed by atoms with E-state index in [1.165, 1.54) is 0 Å². The molecule has 44 valence electrons. The molecule has 0 radical (unpaired) electrons. The van der Waals surface area contributed by atoms with E-state index in [0.29, 0.717) is 0 Å². The van der Waals surface area contributed by atoms with Gasteiger partial charge >= 0.3 is 0 Å². The molecule has 4 heteroatoms. The molecule has 0 amide bonds. The third kappa shape index (κ3) is 4.05. The van der Waals surface area contributed by atoms with E-state index in [1.54, 1.807) is 0 Å². The highest BCUT2D eigenvalue weighted by atomic mass is 35.5. The predicted octanol–water partition coefficient (Wildman–Crippen LogP) is 0.461.